The van der Waals surface area contributed by atoms with E-state index in [0.717, 1.165) is 33.3 Å². The fraction of sp³-hybridized carbons (Fsp3) is 0.333. The van der Waals surface area contributed by atoms with Crippen LogP contribution < -0.4 is 5.32 Å². The van der Waals surface area contributed by atoms with E-state index in [1.807, 2.05) is 36.7 Å². The van der Waals surface area contributed by atoms with Crippen molar-refractivity contribution in [3.8, 4) is 0 Å². The molecule has 0 saturated heterocycles. The maximum absolute atomic E-state index is 12.0. The molecule has 0 spiro atoms. The van der Waals surface area contributed by atoms with Crippen LogP contribution in [0.3, 0.4) is 0 Å². The number of hydrogen-bond acceptors (Lipinski definition) is 2. The van der Waals surface area contributed by atoms with Gasteiger partial charge in [0.05, 0.1) is 15.7 Å². The molecule has 0 fully saturated rings. The molecule has 4 nitrogen and oxygen atoms in total. The van der Waals surface area contributed by atoms with E-state index in [9.17, 15) is 4.79 Å². The number of rotatable bonds is 5. The van der Waals surface area contributed by atoms with Crippen LogP contribution in [0.5, 0.6) is 0 Å². The molecule has 0 atom stereocenters. The second-order valence-electron chi connectivity index (χ2n) is 4.80. The zero-order valence-electron chi connectivity index (χ0n) is 12.0. The topological polar surface area (TPSA) is 46.9 Å². The number of aryl methyl sites for hydroxylation is 2. The first kappa shape index (κ1) is 16.2. The Labute approximate surface area is 141 Å². The number of halogens is 2. The predicted molar refractivity (Wildman–Crippen MR) is 90.5 cm³/mol. The lowest BCUT2D eigenvalue weighted by molar-refractivity contribution is 0.0952. The molecule has 1 N–H and O–H groups in total. The molecule has 0 aliphatic carbocycles. The molecule has 112 valence electrons. The SMILES string of the molecule is Cc1nn(CCCNC(=O)c2ccccc2Br)c(C)c1Br. The van der Waals surface area contributed by atoms with Crippen molar-refractivity contribution in [2.45, 2.75) is 26.8 Å². The van der Waals surface area contributed by atoms with Crippen LogP contribution in [-0.4, -0.2) is 22.2 Å². The van der Waals surface area contributed by atoms with Crippen LogP contribution in [0, 0.1) is 13.8 Å². The smallest absolute Gasteiger partial charge is 0.252 e. The Morgan fingerprint density at radius 1 is 1.29 bits per heavy atom. The molecule has 1 aromatic heterocycles. The summed E-state index contributed by atoms with van der Waals surface area (Å²) in [5.74, 6) is -0.0583. The summed E-state index contributed by atoms with van der Waals surface area (Å²) in [6.45, 7) is 5.41. The molecule has 0 bridgehead atoms. The average molecular weight is 415 g/mol. The van der Waals surface area contributed by atoms with Gasteiger partial charge in [0.15, 0.2) is 0 Å². The van der Waals surface area contributed by atoms with Gasteiger partial charge in [-0.3, -0.25) is 9.48 Å². The van der Waals surface area contributed by atoms with Crippen LogP contribution in [0.25, 0.3) is 0 Å². The third-order valence-electron chi connectivity index (χ3n) is 3.24. The lowest BCUT2D eigenvalue weighted by Gasteiger charge is -2.08. The molecule has 0 unspecified atom stereocenters. The second-order valence-corrected chi connectivity index (χ2v) is 6.44. The Bertz CT molecular complexity index is 652. The van der Waals surface area contributed by atoms with Crippen molar-refractivity contribution >= 4 is 37.8 Å². The number of amides is 1. The Balaban J connectivity index is 1.84. The standard InChI is InChI=1S/C15H17Br2N3O/c1-10-14(17)11(2)20(19-10)9-5-8-18-15(21)12-6-3-4-7-13(12)16/h3-4,6-7H,5,8-9H2,1-2H3,(H,18,21). The maximum atomic E-state index is 12.0. The number of nitrogens with zero attached hydrogens (tertiary/aromatic N) is 2. The highest BCUT2D eigenvalue weighted by molar-refractivity contribution is 9.10. The van der Waals surface area contributed by atoms with Gasteiger partial charge in [0, 0.05) is 23.3 Å². The number of carbonyl (C=O) groups excluding carboxylic acids is 1. The van der Waals surface area contributed by atoms with Crippen molar-refractivity contribution < 1.29 is 4.79 Å². The number of nitrogens with one attached hydrogen (secondary N) is 1. The van der Waals surface area contributed by atoms with Crippen LogP contribution in [0.15, 0.2) is 33.2 Å². The first-order valence-corrected chi connectivity index (χ1v) is 8.31. The molecular weight excluding hydrogens is 398 g/mol. The monoisotopic (exact) mass is 413 g/mol. The Kier molecular flexibility index (Phi) is 5.58. The second kappa shape index (κ2) is 7.22. The zero-order chi connectivity index (χ0) is 15.4. The van der Waals surface area contributed by atoms with E-state index in [4.69, 9.17) is 0 Å². The van der Waals surface area contributed by atoms with E-state index in [-0.39, 0.29) is 5.91 Å². The van der Waals surface area contributed by atoms with Crippen molar-refractivity contribution in [1.29, 1.82) is 0 Å². The largest absolute Gasteiger partial charge is 0.352 e. The van der Waals surface area contributed by atoms with Crippen LogP contribution >= 0.6 is 31.9 Å². The minimum absolute atomic E-state index is 0.0583. The van der Waals surface area contributed by atoms with E-state index in [0.29, 0.717) is 12.1 Å². The van der Waals surface area contributed by atoms with Gasteiger partial charge in [-0.1, -0.05) is 12.1 Å². The Hall–Kier alpha value is -1.14. The average Bonchev–Trinajstić information content (AvgIpc) is 2.71. The molecule has 0 saturated carbocycles. The van der Waals surface area contributed by atoms with Crippen molar-refractivity contribution in [3.63, 3.8) is 0 Å². The molecular formula is C15H17Br2N3O. The first-order valence-electron chi connectivity index (χ1n) is 6.73. The number of carbonyl (C=O) groups is 1. The van der Waals surface area contributed by atoms with Gasteiger partial charge in [-0.2, -0.15) is 5.10 Å². The van der Waals surface area contributed by atoms with Crippen molar-refractivity contribution in [3.05, 3.63) is 50.2 Å². The third-order valence-corrected chi connectivity index (χ3v) is 5.08. The van der Waals surface area contributed by atoms with Gasteiger partial charge >= 0.3 is 0 Å². The molecule has 21 heavy (non-hydrogen) atoms. The zero-order valence-corrected chi connectivity index (χ0v) is 15.2. The van der Waals surface area contributed by atoms with Crippen molar-refractivity contribution in [1.82, 2.24) is 15.1 Å². The summed E-state index contributed by atoms with van der Waals surface area (Å²) in [7, 11) is 0. The molecule has 0 aliphatic rings. The van der Waals surface area contributed by atoms with Gasteiger partial charge in [-0.05, 0) is 64.3 Å². The summed E-state index contributed by atoms with van der Waals surface area (Å²) in [6, 6.07) is 7.41. The number of aromatic nitrogens is 2. The summed E-state index contributed by atoms with van der Waals surface area (Å²) in [4.78, 5) is 12.0. The Morgan fingerprint density at radius 3 is 2.62 bits per heavy atom. The third kappa shape index (κ3) is 3.95. The molecule has 0 aliphatic heterocycles. The van der Waals surface area contributed by atoms with E-state index >= 15 is 0 Å². The van der Waals surface area contributed by atoms with Crippen LogP contribution in [-0.2, 0) is 6.54 Å². The lowest BCUT2D eigenvalue weighted by Crippen LogP contribution is -2.25. The summed E-state index contributed by atoms with van der Waals surface area (Å²) in [5, 5.41) is 7.38. The summed E-state index contributed by atoms with van der Waals surface area (Å²) < 4.78 is 3.83. The normalized spacial score (nSPS) is 10.7. The van der Waals surface area contributed by atoms with Gasteiger partial charge in [0.1, 0.15) is 0 Å². The lowest BCUT2D eigenvalue weighted by atomic mass is 10.2. The highest BCUT2D eigenvalue weighted by Crippen LogP contribution is 2.19. The quantitative estimate of drug-likeness (QED) is 0.755. The molecule has 6 heteroatoms. The van der Waals surface area contributed by atoms with Crippen molar-refractivity contribution in [2.24, 2.45) is 0 Å². The van der Waals surface area contributed by atoms with E-state index in [2.05, 4.69) is 42.3 Å². The molecule has 2 aromatic rings. The molecule has 2 rings (SSSR count). The molecule has 1 amide bonds. The highest BCUT2D eigenvalue weighted by atomic mass is 79.9. The van der Waals surface area contributed by atoms with Crippen LogP contribution in [0.4, 0.5) is 0 Å². The van der Waals surface area contributed by atoms with Gasteiger partial charge < -0.3 is 5.32 Å². The summed E-state index contributed by atoms with van der Waals surface area (Å²) in [5.41, 5.74) is 2.76. The first-order chi connectivity index (χ1) is 10.0. The van der Waals surface area contributed by atoms with E-state index in [1.165, 1.54) is 0 Å². The van der Waals surface area contributed by atoms with Crippen LogP contribution in [0.1, 0.15) is 28.2 Å². The summed E-state index contributed by atoms with van der Waals surface area (Å²) in [6.07, 6.45) is 0.838. The summed E-state index contributed by atoms with van der Waals surface area (Å²) >= 11 is 6.90. The Morgan fingerprint density at radius 2 is 2.00 bits per heavy atom. The van der Waals surface area contributed by atoms with Gasteiger partial charge in [0.25, 0.3) is 5.91 Å². The minimum atomic E-state index is -0.0583. The van der Waals surface area contributed by atoms with Gasteiger partial charge in [0.2, 0.25) is 0 Å². The molecule has 1 aromatic carbocycles. The minimum Gasteiger partial charge on any atom is -0.352 e. The molecule has 1 heterocycles. The fourth-order valence-corrected chi connectivity index (χ4v) is 2.81. The van der Waals surface area contributed by atoms with E-state index in [1.54, 1.807) is 6.07 Å². The van der Waals surface area contributed by atoms with Gasteiger partial charge in [-0.25, -0.2) is 0 Å². The van der Waals surface area contributed by atoms with Gasteiger partial charge in [-0.15, -0.1) is 0 Å². The molecule has 0 radical (unpaired) electrons. The van der Waals surface area contributed by atoms with E-state index < -0.39 is 0 Å². The predicted octanol–water partition coefficient (Wildman–Crippen LogP) is 3.85. The maximum Gasteiger partial charge on any atom is 0.252 e. The number of benzene rings is 1. The fourth-order valence-electron chi connectivity index (χ4n) is 2.06. The highest BCUT2D eigenvalue weighted by Gasteiger charge is 2.10. The van der Waals surface area contributed by atoms with Crippen molar-refractivity contribution in [2.75, 3.05) is 6.54 Å². The number of hydrogen-bond donors (Lipinski definition) is 1. The van der Waals surface area contributed by atoms with Crippen LogP contribution in [0.2, 0.25) is 0 Å².